The van der Waals surface area contributed by atoms with Gasteiger partial charge in [0.15, 0.2) is 5.69 Å². The Bertz CT molecular complexity index is 663. The van der Waals surface area contributed by atoms with Crippen molar-refractivity contribution in [3.05, 3.63) is 23.9 Å². The minimum Gasteiger partial charge on any atom is -0.377 e. The van der Waals surface area contributed by atoms with Gasteiger partial charge in [0, 0.05) is 20.2 Å². The van der Waals surface area contributed by atoms with Crippen LogP contribution in [0, 0.1) is 0 Å². The number of aromatic nitrogens is 2. The highest BCUT2D eigenvalue weighted by Crippen LogP contribution is 2.36. The molecule has 0 aliphatic carbocycles. The van der Waals surface area contributed by atoms with Gasteiger partial charge in [0.25, 0.3) is 0 Å². The minimum atomic E-state index is -4.42. The molecule has 1 aliphatic rings. The average molecular weight is 363 g/mol. The SMILES string of the molecule is Cn1nc(C(F)(F)F)cc1-c1ccc(SNCC2CCCO2)s1. The van der Waals surface area contributed by atoms with Gasteiger partial charge in [0.05, 0.1) is 20.9 Å². The zero-order valence-electron chi connectivity index (χ0n) is 12.4. The van der Waals surface area contributed by atoms with Gasteiger partial charge in [0.2, 0.25) is 0 Å². The van der Waals surface area contributed by atoms with Crippen LogP contribution in [0.25, 0.3) is 10.6 Å². The van der Waals surface area contributed by atoms with Crippen molar-refractivity contribution in [3.8, 4) is 10.6 Å². The van der Waals surface area contributed by atoms with E-state index in [-0.39, 0.29) is 6.10 Å². The molecule has 0 spiro atoms. The summed E-state index contributed by atoms with van der Waals surface area (Å²) in [7, 11) is 1.52. The van der Waals surface area contributed by atoms with Gasteiger partial charge < -0.3 is 4.74 Å². The number of rotatable bonds is 5. The van der Waals surface area contributed by atoms with Crippen LogP contribution in [0.15, 0.2) is 22.4 Å². The maximum atomic E-state index is 12.7. The molecule has 3 rings (SSSR count). The Balaban J connectivity index is 1.63. The van der Waals surface area contributed by atoms with Crippen LogP contribution in [0.2, 0.25) is 0 Å². The van der Waals surface area contributed by atoms with Gasteiger partial charge in [-0.3, -0.25) is 9.40 Å². The first-order valence-corrected chi connectivity index (χ1v) is 8.79. The third-order valence-corrected chi connectivity index (χ3v) is 5.56. The second kappa shape index (κ2) is 6.84. The van der Waals surface area contributed by atoms with Crippen LogP contribution < -0.4 is 4.72 Å². The van der Waals surface area contributed by atoms with Gasteiger partial charge in [-0.05, 0) is 43.0 Å². The van der Waals surface area contributed by atoms with E-state index in [1.165, 1.54) is 35.0 Å². The highest BCUT2D eigenvalue weighted by atomic mass is 32.2. The summed E-state index contributed by atoms with van der Waals surface area (Å²) in [6.45, 7) is 1.59. The molecule has 1 fully saturated rings. The van der Waals surface area contributed by atoms with Crippen molar-refractivity contribution in [2.24, 2.45) is 7.05 Å². The molecule has 0 amide bonds. The molecule has 2 aromatic rings. The second-order valence-electron chi connectivity index (χ2n) is 5.24. The van der Waals surface area contributed by atoms with Crippen molar-refractivity contribution in [2.75, 3.05) is 13.2 Å². The lowest BCUT2D eigenvalue weighted by Gasteiger charge is -2.08. The fourth-order valence-corrected chi connectivity index (χ4v) is 4.30. The number of nitrogens with one attached hydrogen (secondary N) is 1. The van der Waals surface area contributed by atoms with Crippen LogP contribution >= 0.6 is 23.3 Å². The van der Waals surface area contributed by atoms with E-state index in [9.17, 15) is 13.2 Å². The number of ether oxygens (including phenoxy) is 1. The van der Waals surface area contributed by atoms with E-state index < -0.39 is 11.9 Å². The molecular formula is C14H16F3N3OS2. The fourth-order valence-electron chi connectivity index (χ4n) is 2.36. The number of nitrogens with zero attached hydrogens (tertiary/aromatic N) is 2. The lowest BCUT2D eigenvalue weighted by molar-refractivity contribution is -0.141. The van der Waals surface area contributed by atoms with E-state index in [2.05, 4.69) is 9.82 Å². The molecule has 0 radical (unpaired) electrons. The predicted octanol–water partition coefficient (Wildman–Crippen LogP) is 3.94. The van der Waals surface area contributed by atoms with Crippen molar-refractivity contribution in [1.29, 1.82) is 0 Å². The van der Waals surface area contributed by atoms with E-state index in [0.717, 1.165) is 41.1 Å². The monoisotopic (exact) mass is 363 g/mol. The van der Waals surface area contributed by atoms with Gasteiger partial charge in [0.1, 0.15) is 0 Å². The number of thiophene rings is 1. The molecule has 1 atom stereocenters. The normalized spacial score (nSPS) is 18.7. The fraction of sp³-hybridized carbons (Fsp3) is 0.500. The van der Waals surface area contributed by atoms with Crippen molar-refractivity contribution in [3.63, 3.8) is 0 Å². The molecule has 1 unspecified atom stereocenters. The number of alkyl halides is 3. The number of hydrogen-bond acceptors (Lipinski definition) is 5. The van der Waals surface area contributed by atoms with Crippen LogP contribution in [-0.4, -0.2) is 29.0 Å². The molecule has 1 N–H and O–H groups in total. The topological polar surface area (TPSA) is 39.1 Å². The van der Waals surface area contributed by atoms with Gasteiger partial charge in [-0.2, -0.15) is 18.3 Å². The van der Waals surface area contributed by atoms with Crippen LogP contribution in [0.5, 0.6) is 0 Å². The zero-order chi connectivity index (χ0) is 16.4. The van der Waals surface area contributed by atoms with Crippen molar-refractivity contribution < 1.29 is 17.9 Å². The Labute approximate surface area is 140 Å². The van der Waals surface area contributed by atoms with Gasteiger partial charge in [-0.1, -0.05) is 0 Å². The Morgan fingerprint density at radius 2 is 2.30 bits per heavy atom. The number of hydrogen-bond donors (Lipinski definition) is 1. The first-order valence-electron chi connectivity index (χ1n) is 7.16. The third kappa shape index (κ3) is 4.09. The molecule has 1 saturated heterocycles. The quantitative estimate of drug-likeness (QED) is 0.817. The Hall–Kier alpha value is -1.03. The van der Waals surface area contributed by atoms with Crippen molar-refractivity contribution in [1.82, 2.24) is 14.5 Å². The first kappa shape index (κ1) is 16.8. The third-order valence-electron chi connectivity index (χ3n) is 3.51. The summed E-state index contributed by atoms with van der Waals surface area (Å²) in [5.41, 5.74) is -0.401. The summed E-state index contributed by atoms with van der Waals surface area (Å²) in [5, 5.41) is 3.54. The van der Waals surface area contributed by atoms with Gasteiger partial charge in [-0.15, -0.1) is 11.3 Å². The predicted molar refractivity (Wildman–Crippen MR) is 84.4 cm³/mol. The molecule has 23 heavy (non-hydrogen) atoms. The highest BCUT2D eigenvalue weighted by molar-refractivity contribution is 7.99. The van der Waals surface area contributed by atoms with E-state index in [0.29, 0.717) is 5.69 Å². The Kier molecular flexibility index (Phi) is 5.00. The van der Waals surface area contributed by atoms with Crippen molar-refractivity contribution in [2.45, 2.75) is 29.3 Å². The van der Waals surface area contributed by atoms with Crippen LogP contribution in [0.1, 0.15) is 18.5 Å². The van der Waals surface area contributed by atoms with Crippen LogP contribution in [-0.2, 0) is 18.0 Å². The van der Waals surface area contributed by atoms with Crippen LogP contribution in [0.4, 0.5) is 13.2 Å². The molecule has 4 nitrogen and oxygen atoms in total. The van der Waals surface area contributed by atoms with Crippen LogP contribution in [0.3, 0.4) is 0 Å². The standard InChI is InChI=1S/C14H16F3N3OS2/c1-20-10(7-12(19-20)14(15,16)17)11-4-5-13(22-11)23-18-8-9-3-2-6-21-9/h4-5,7,9,18H,2-3,6,8H2,1H3. The molecular weight excluding hydrogens is 347 g/mol. The van der Waals surface area contributed by atoms with Crippen molar-refractivity contribution >= 4 is 23.3 Å². The summed E-state index contributed by atoms with van der Waals surface area (Å²) in [6, 6.07) is 4.80. The van der Waals surface area contributed by atoms with E-state index in [4.69, 9.17) is 4.74 Å². The zero-order valence-corrected chi connectivity index (χ0v) is 14.0. The second-order valence-corrected chi connectivity index (χ2v) is 7.52. The van der Waals surface area contributed by atoms with E-state index in [1.54, 1.807) is 0 Å². The Morgan fingerprint density at radius 3 is 2.96 bits per heavy atom. The molecule has 9 heteroatoms. The lowest BCUT2D eigenvalue weighted by atomic mass is 10.2. The molecule has 1 aliphatic heterocycles. The molecule has 126 valence electrons. The Morgan fingerprint density at radius 1 is 1.48 bits per heavy atom. The molecule has 2 aromatic heterocycles. The molecule has 0 aromatic carbocycles. The number of halogens is 3. The lowest BCUT2D eigenvalue weighted by Crippen LogP contribution is -2.20. The molecule has 3 heterocycles. The van der Waals surface area contributed by atoms with Gasteiger partial charge >= 0.3 is 6.18 Å². The molecule has 0 bridgehead atoms. The average Bonchev–Trinajstić information content (AvgIpc) is 3.18. The smallest absolute Gasteiger partial charge is 0.377 e. The highest BCUT2D eigenvalue weighted by Gasteiger charge is 2.34. The summed E-state index contributed by atoms with van der Waals surface area (Å²) < 4.78 is 49.2. The van der Waals surface area contributed by atoms with E-state index >= 15 is 0 Å². The minimum absolute atomic E-state index is 0.258. The largest absolute Gasteiger partial charge is 0.435 e. The molecule has 0 saturated carbocycles. The summed E-state index contributed by atoms with van der Waals surface area (Å²) in [4.78, 5) is 0.761. The maximum Gasteiger partial charge on any atom is 0.435 e. The summed E-state index contributed by atoms with van der Waals surface area (Å²) in [5.74, 6) is 0. The summed E-state index contributed by atoms with van der Waals surface area (Å²) in [6.07, 6.45) is -2.00. The number of aryl methyl sites for hydroxylation is 1. The maximum absolute atomic E-state index is 12.7. The van der Waals surface area contributed by atoms with E-state index in [1.807, 2.05) is 12.1 Å². The summed E-state index contributed by atoms with van der Waals surface area (Å²) >= 11 is 2.92. The van der Waals surface area contributed by atoms with Gasteiger partial charge in [-0.25, -0.2) is 0 Å². The first-order chi connectivity index (χ1) is 10.9.